The minimum absolute atomic E-state index is 0.0694. The summed E-state index contributed by atoms with van der Waals surface area (Å²) in [5, 5.41) is 4.11. The highest BCUT2D eigenvalue weighted by molar-refractivity contribution is 9.09. The number of hydrogen-bond donors (Lipinski definition) is 2. The predicted octanol–water partition coefficient (Wildman–Crippen LogP) is 6.40. The lowest BCUT2D eigenvalue weighted by molar-refractivity contribution is -0.133. The first-order valence-electron chi connectivity index (χ1n) is 21.1. The van der Waals surface area contributed by atoms with Crippen molar-refractivity contribution >= 4 is 15.9 Å². The van der Waals surface area contributed by atoms with Crippen LogP contribution in [-0.2, 0) is 32.0 Å². The molecule has 2 aromatic heterocycles. The number of likely N-dealkylation sites (tertiary alicyclic amines) is 2. The molecule has 312 valence electrons. The van der Waals surface area contributed by atoms with Crippen LogP contribution >= 0.6 is 15.9 Å². The van der Waals surface area contributed by atoms with Crippen molar-refractivity contribution in [1.82, 2.24) is 25.1 Å². The second kappa shape index (κ2) is 26.9. The molecule has 4 heterocycles. The van der Waals surface area contributed by atoms with Gasteiger partial charge < -0.3 is 49.3 Å². The summed E-state index contributed by atoms with van der Waals surface area (Å²) in [6.45, 7) is 19.8. The van der Waals surface area contributed by atoms with Gasteiger partial charge in [-0.3, -0.25) is 0 Å². The summed E-state index contributed by atoms with van der Waals surface area (Å²) >= 11 is 3.27. The maximum absolute atomic E-state index is 6.09. The molecular weight excluding hydrogens is 764 g/mol. The summed E-state index contributed by atoms with van der Waals surface area (Å²) in [4.78, 5) is 14.0. The summed E-state index contributed by atoms with van der Waals surface area (Å²) in [6, 6.07) is 7.98. The fourth-order valence-corrected chi connectivity index (χ4v) is 7.03. The highest BCUT2D eigenvalue weighted by atomic mass is 79.9. The molecular formula is C42H71BrN6O6. The molecule has 12 nitrogen and oxygen atoms in total. The first kappa shape index (κ1) is 45.8. The number of pyridine rings is 2. The Morgan fingerprint density at radius 1 is 0.655 bits per heavy atom. The predicted molar refractivity (Wildman–Crippen MR) is 222 cm³/mol. The molecule has 2 saturated heterocycles. The number of nitrogens with two attached hydrogens (primary N) is 1. The average molecular weight is 836 g/mol. The van der Waals surface area contributed by atoms with E-state index in [-0.39, 0.29) is 12.6 Å². The molecule has 4 fully saturated rings. The van der Waals surface area contributed by atoms with E-state index < -0.39 is 0 Å². The minimum Gasteiger partial charge on any atom is -0.474 e. The van der Waals surface area contributed by atoms with Crippen molar-refractivity contribution in [2.24, 2.45) is 17.6 Å². The Kier molecular flexibility index (Phi) is 22.4. The molecule has 2 aliphatic carbocycles. The third-order valence-electron chi connectivity index (χ3n) is 10.1. The van der Waals surface area contributed by atoms with Gasteiger partial charge in [-0.2, -0.15) is 0 Å². The van der Waals surface area contributed by atoms with Crippen LogP contribution in [-0.4, -0.2) is 122 Å². The lowest BCUT2D eigenvalue weighted by atomic mass is 10.1. The first-order valence-corrected chi connectivity index (χ1v) is 22.2. The maximum atomic E-state index is 6.09. The highest BCUT2D eigenvalue weighted by Gasteiger charge is 2.29. The fourth-order valence-electron chi connectivity index (χ4n) is 6.66. The van der Waals surface area contributed by atoms with Crippen LogP contribution in [0.1, 0.15) is 90.2 Å². The molecule has 13 heteroatoms. The molecule has 2 aliphatic heterocycles. The van der Waals surface area contributed by atoms with Gasteiger partial charge in [0.05, 0.1) is 5.33 Å². The number of aromatic nitrogens is 2. The third kappa shape index (κ3) is 19.4. The monoisotopic (exact) mass is 834 g/mol. The Hall–Kier alpha value is -1.94. The van der Waals surface area contributed by atoms with Gasteiger partial charge in [-0.05, 0) is 102 Å². The van der Waals surface area contributed by atoms with Gasteiger partial charge in [-0.15, -0.1) is 0 Å². The van der Waals surface area contributed by atoms with Gasteiger partial charge in [0.1, 0.15) is 12.2 Å². The SMILES string of the molecule is CCOC(CBr)OCC.CCOC(CNCc1ccc(OC2CCN(CC3CC3)CC2)nc1)OCC.NCc1ccc(OC2CCN(CC3CC3)CC2)nc1. The number of nitrogens with zero attached hydrogens (tertiary/aromatic N) is 4. The number of halogens is 1. The van der Waals surface area contributed by atoms with Crippen LogP contribution in [0.25, 0.3) is 0 Å². The number of alkyl halides is 1. The van der Waals surface area contributed by atoms with E-state index in [4.69, 9.17) is 34.2 Å². The highest BCUT2D eigenvalue weighted by Crippen LogP contribution is 2.31. The van der Waals surface area contributed by atoms with Crippen molar-refractivity contribution in [3.63, 3.8) is 0 Å². The van der Waals surface area contributed by atoms with Gasteiger partial charge in [0.15, 0.2) is 12.6 Å². The number of hydrogen-bond acceptors (Lipinski definition) is 12. The van der Waals surface area contributed by atoms with E-state index in [0.29, 0.717) is 51.7 Å². The number of ether oxygens (including phenoxy) is 6. The van der Waals surface area contributed by atoms with Gasteiger partial charge in [0.25, 0.3) is 0 Å². The molecule has 0 aromatic carbocycles. The van der Waals surface area contributed by atoms with Gasteiger partial charge in [0, 0.05) is 110 Å². The van der Waals surface area contributed by atoms with Gasteiger partial charge in [-0.1, -0.05) is 28.1 Å². The first-order chi connectivity index (χ1) is 26.9. The molecule has 6 rings (SSSR count). The fraction of sp³-hybridized carbons (Fsp3) is 0.762. The van der Waals surface area contributed by atoms with E-state index in [1.165, 1.54) is 51.9 Å². The van der Waals surface area contributed by atoms with Crippen molar-refractivity contribution < 1.29 is 28.4 Å². The lowest BCUT2D eigenvalue weighted by Gasteiger charge is -2.31. The quantitative estimate of drug-likeness (QED) is 0.101. The largest absolute Gasteiger partial charge is 0.474 e. The van der Waals surface area contributed by atoms with Crippen LogP contribution in [0.3, 0.4) is 0 Å². The number of rotatable bonds is 22. The molecule has 2 aromatic rings. The second-order valence-corrected chi connectivity index (χ2v) is 15.4. The van der Waals surface area contributed by atoms with Gasteiger partial charge in [-0.25, -0.2) is 9.97 Å². The average Bonchev–Trinajstić information content (AvgIpc) is 4.16. The minimum atomic E-state index is -0.193. The molecule has 0 spiro atoms. The van der Waals surface area contributed by atoms with Crippen LogP contribution in [0.4, 0.5) is 0 Å². The van der Waals surface area contributed by atoms with E-state index in [1.807, 2.05) is 52.1 Å². The summed E-state index contributed by atoms with van der Waals surface area (Å²) < 4.78 is 33.4. The van der Waals surface area contributed by atoms with Gasteiger partial charge in [0.2, 0.25) is 11.8 Å². The topological polar surface area (TPSA) is 126 Å². The Morgan fingerprint density at radius 3 is 1.45 bits per heavy atom. The standard InChI is InChI=1S/C21H35N3O3.C15H23N3O.C6H13BrO2/c1-3-25-21(26-4-2)15-22-13-18-7-8-20(23-14-18)27-19-9-11-24(12-10-19)16-17-5-6-17;16-9-13-3-4-15(17-10-13)19-14-5-7-18(8-6-14)11-12-1-2-12;1-3-8-6(5-7)9-4-2/h7-8,14,17,19,21-22H,3-6,9-13,15-16H2,1-2H3;3-4,10,12,14H,1-2,5-9,11,16H2;6H,3-5H2,1-2H3. The maximum Gasteiger partial charge on any atom is 0.213 e. The van der Waals surface area contributed by atoms with E-state index in [0.717, 1.165) is 85.4 Å². The van der Waals surface area contributed by atoms with Crippen molar-refractivity contribution in [3.05, 3.63) is 47.8 Å². The molecule has 55 heavy (non-hydrogen) atoms. The molecule has 0 unspecified atom stereocenters. The zero-order valence-corrected chi connectivity index (χ0v) is 35.8. The van der Waals surface area contributed by atoms with Crippen LogP contribution in [0.2, 0.25) is 0 Å². The lowest BCUT2D eigenvalue weighted by Crippen LogP contribution is -2.39. The summed E-state index contributed by atoms with van der Waals surface area (Å²) in [5.74, 6) is 3.43. The number of nitrogens with one attached hydrogen (secondary N) is 1. The molecule has 0 amide bonds. The molecule has 3 N–H and O–H groups in total. The van der Waals surface area contributed by atoms with E-state index in [1.54, 1.807) is 6.20 Å². The molecule has 2 saturated carbocycles. The Bertz CT molecular complexity index is 1230. The van der Waals surface area contributed by atoms with Gasteiger partial charge >= 0.3 is 0 Å². The van der Waals surface area contributed by atoms with E-state index in [9.17, 15) is 0 Å². The molecule has 0 atom stereocenters. The zero-order chi connectivity index (χ0) is 39.1. The van der Waals surface area contributed by atoms with Crippen molar-refractivity contribution in [1.29, 1.82) is 0 Å². The molecule has 0 radical (unpaired) electrons. The Labute approximate surface area is 340 Å². The summed E-state index contributed by atoms with van der Waals surface area (Å²) in [6.07, 6.45) is 14.2. The van der Waals surface area contributed by atoms with Crippen LogP contribution in [0.5, 0.6) is 11.8 Å². The smallest absolute Gasteiger partial charge is 0.213 e. The van der Waals surface area contributed by atoms with Crippen molar-refractivity contribution in [3.8, 4) is 11.8 Å². The molecule has 0 bridgehead atoms. The van der Waals surface area contributed by atoms with Crippen LogP contribution < -0.4 is 20.5 Å². The zero-order valence-electron chi connectivity index (χ0n) is 34.2. The third-order valence-corrected chi connectivity index (χ3v) is 10.6. The Balaban J connectivity index is 0.000000208. The molecule has 4 aliphatic rings. The summed E-state index contributed by atoms with van der Waals surface area (Å²) in [5.41, 5.74) is 7.74. The summed E-state index contributed by atoms with van der Waals surface area (Å²) in [7, 11) is 0. The van der Waals surface area contributed by atoms with Crippen LogP contribution in [0.15, 0.2) is 36.7 Å². The number of piperidine rings is 2. The Morgan fingerprint density at radius 2 is 1.09 bits per heavy atom. The van der Waals surface area contributed by atoms with E-state index in [2.05, 4.69) is 47.1 Å². The normalized spacial score (nSPS) is 18.5. The van der Waals surface area contributed by atoms with Crippen molar-refractivity contribution in [2.75, 3.05) is 77.6 Å². The second-order valence-electron chi connectivity index (χ2n) is 14.8. The van der Waals surface area contributed by atoms with Crippen molar-refractivity contribution in [2.45, 2.75) is 117 Å². The van der Waals surface area contributed by atoms with Crippen LogP contribution in [0, 0.1) is 11.8 Å². The van der Waals surface area contributed by atoms with E-state index >= 15 is 0 Å².